The minimum absolute atomic E-state index is 0.0215. The molecule has 0 rings (SSSR count). The number of esters is 1. The van der Waals surface area contributed by atoms with Crippen LogP contribution >= 0.6 is 7.82 Å². The van der Waals surface area contributed by atoms with Crippen LogP contribution in [0.5, 0.6) is 0 Å². The zero-order valence-electron chi connectivity index (χ0n) is 58.7. The summed E-state index contributed by atoms with van der Waals surface area (Å²) >= 11 is 0. The second-order valence-corrected chi connectivity index (χ2v) is 28.6. The van der Waals surface area contributed by atoms with Gasteiger partial charge in [0.05, 0.1) is 33.8 Å². The first-order chi connectivity index (χ1) is 42.4. The molecule has 0 heterocycles. The van der Waals surface area contributed by atoms with Crippen molar-refractivity contribution in [1.82, 2.24) is 5.32 Å². The van der Waals surface area contributed by atoms with Crippen molar-refractivity contribution in [1.29, 1.82) is 0 Å². The van der Waals surface area contributed by atoms with Gasteiger partial charge in [0.1, 0.15) is 19.3 Å². The number of likely N-dealkylation sites (N-methyl/N-ethyl adjacent to an activating group) is 1. The van der Waals surface area contributed by atoms with E-state index in [0.29, 0.717) is 17.4 Å². The summed E-state index contributed by atoms with van der Waals surface area (Å²) in [5.74, 6) is -0.527. The van der Waals surface area contributed by atoms with Crippen molar-refractivity contribution in [3.63, 3.8) is 0 Å². The average Bonchev–Trinajstić information content (AvgIpc) is 3.70. The van der Waals surface area contributed by atoms with Crippen molar-refractivity contribution >= 4 is 19.7 Å². The molecular formula is C77H147N2O7P. The van der Waals surface area contributed by atoms with E-state index in [1.165, 1.54) is 270 Å². The second kappa shape index (κ2) is 66.9. The summed E-state index contributed by atoms with van der Waals surface area (Å²) in [6.07, 6.45) is 85.4. The van der Waals surface area contributed by atoms with Crippen molar-refractivity contribution in [2.75, 3.05) is 40.9 Å². The number of hydrogen-bond donors (Lipinski definition) is 1. The number of amides is 1. The molecule has 0 spiro atoms. The molecule has 3 atom stereocenters. The lowest BCUT2D eigenvalue weighted by Gasteiger charge is -2.30. The Balaban J connectivity index is 4.91. The van der Waals surface area contributed by atoms with Gasteiger partial charge in [-0.3, -0.25) is 14.2 Å². The molecule has 1 amide bonds. The second-order valence-electron chi connectivity index (χ2n) is 27.2. The van der Waals surface area contributed by atoms with Crippen LogP contribution in [-0.2, 0) is 27.9 Å². The van der Waals surface area contributed by atoms with E-state index in [4.69, 9.17) is 13.8 Å². The average molecular weight is 1240 g/mol. The number of phosphoric ester groups is 1. The Bertz CT molecular complexity index is 1620. The molecule has 0 aliphatic carbocycles. The molecule has 3 unspecified atom stereocenters. The van der Waals surface area contributed by atoms with Crippen molar-refractivity contribution < 1.29 is 37.3 Å². The molecule has 0 aromatic carbocycles. The van der Waals surface area contributed by atoms with E-state index >= 15 is 0 Å². The highest BCUT2D eigenvalue weighted by molar-refractivity contribution is 7.45. The number of quaternary nitrogens is 1. The Morgan fingerprint density at radius 1 is 0.402 bits per heavy atom. The zero-order valence-corrected chi connectivity index (χ0v) is 59.6. The van der Waals surface area contributed by atoms with Crippen LogP contribution in [0.25, 0.3) is 0 Å². The van der Waals surface area contributed by atoms with Crippen molar-refractivity contribution in [3.8, 4) is 0 Å². The van der Waals surface area contributed by atoms with Gasteiger partial charge in [-0.1, -0.05) is 346 Å². The minimum Gasteiger partial charge on any atom is -0.756 e. The van der Waals surface area contributed by atoms with E-state index in [1.54, 1.807) is 0 Å². The van der Waals surface area contributed by atoms with Gasteiger partial charge in [-0.25, -0.2) is 0 Å². The van der Waals surface area contributed by atoms with Gasteiger partial charge in [0.15, 0.2) is 0 Å². The quantitative estimate of drug-likeness (QED) is 0.0212. The number of allylic oxidation sites excluding steroid dienone is 7. The first kappa shape index (κ1) is 85.0. The zero-order chi connectivity index (χ0) is 63.5. The van der Waals surface area contributed by atoms with E-state index < -0.39 is 20.0 Å². The lowest BCUT2D eigenvalue weighted by Crippen LogP contribution is -2.47. The molecule has 0 fully saturated rings. The number of ether oxygens (including phenoxy) is 1. The molecule has 0 aliphatic rings. The third-order valence-electron chi connectivity index (χ3n) is 17.3. The van der Waals surface area contributed by atoms with Crippen LogP contribution in [-0.4, -0.2) is 69.4 Å². The summed E-state index contributed by atoms with van der Waals surface area (Å²) in [6.45, 7) is 6.87. The monoisotopic (exact) mass is 1240 g/mol. The maximum Gasteiger partial charge on any atom is 0.306 e. The molecule has 0 aromatic heterocycles. The molecule has 0 aromatic rings. The SMILES string of the molecule is CCCCC/C=C\C/C=C\C/C=C\CCCCCCCCCCCCC(=O)NC(COP(=O)([O-])OCC[N+](C)(C)C)C(/C=C/CCCCCCCCCCC)OC(=O)CCCCCCCCCCCCCCCCCCCCCCCCCCCCC. The molecule has 0 bridgehead atoms. The fraction of sp³-hybridized carbons (Fsp3) is 0.870. The Morgan fingerprint density at radius 3 is 1.07 bits per heavy atom. The fourth-order valence-corrected chi connectivity index (χ4v) is 12.1. The standard InChI is InChI=1S/C77H147N2O7P/c1-7-10-13-16-19-22-25-27-29-31-33-35-37-38-39-40-42-44-46-48-50-52-55-58-61-64-67-70-77(81)86-75(68-65-62-59-56-53-24-21-18-15-12-9-3)74(73-85-87(82,83)84-72-71-79(4,5)6)78-76(80)69-66-63-60-57-54-51-49-47-45-43-41-36-34-32-30-28-26-23-20-17-14-11-8-2/h20,23,28,30,34,36,65,68,74-75H,7-19,21-22,24-27,29,31-33,35,37-64,66-67,69-73H2,1-6H3,(H-,78,80,82,83)/b23-20-,30-28-,36-34-,68-65+. The molecule has 9 nitrogen and oxygen atoms in total. The highest BCUT2D eigenvalue weighted by atomic mass is 31.2. The van der Waals surface area contributed by atoms with Gasteiger partial charge >= 0.3 is 5.97 Å². The van der Waals surface area contributed by atoms with E-state index in [0.717, 1.165) is 77.0 Å². The topological polar surface area (TPSA) is 114 Å². The first-order valence-corrected chi connectivity index (χ1v) is 39.4. The van der Waals surface area contributed by atoms with Gasteiger partial charge in [0, 0.05) is 12.8 Å². The number of rotatable bonds is 70. The van der Waals surface area contributed by atoms with Gasteiger partial charge in [-0.05, 0) is 70.3 Å². The number of nitrogens with one attached hydrogen (secondary N) is 1. The van der Waals surface area contributed by atoms with Crippen LogP contribution in [0, 0.1) is 0 Å². The molecule has 512 valence electrons. The summed E-state index contributed by atoms with van der Waals surface area (Å²) in [6, 6.07) is -0.889. The smallest absolute Gasteiger partial charge is 0.306 e. The van der Waals surface area contributed by atoms with E-state index in [2.05, 4.69) is 62.5 Å². The molecule has 0 aliphatic heterocycles. The summed E-state index contributed by atoms with van der Waals surface area (Å²) in [5.41, 5.74) is 0. The largest absolute Gasteiger partial charge is 0.756 e. The number of hydrogen-bond acceptors (Lipinski definition) is 7. The normalized spacial score (nSPS) is 13.7. The van der Waals surface area contributed by atoms with Crippen LogP contribution in [0.4, 0.5) is 0 Å². The maximum atomic E-state index is 13.6. The molecule has 87 heavy (non-hydrogen) atoms. The molecule has 10 heteroatoms. The van der Waals surface area contributed by atoms with Gasteiger partial charge in [-0.2, -0.15) is 0 Å². The molecule has 0 saturated carbocycles. The predicted octanol–water partition coefficient (Wildman–Crippen LogP) is 23.7. The van der Waals surface area contributed by atoms with Crippen molar-refractivity contribution in [2.24, 2.45) is 0 Å². The Kier molecular flexibility index (Phi) is 65.3. The van der Waals surface area contributed by atoms with Gasteiger partial charge in [-0.15, -0.1) is 0 Å². The number of phosphoric acid groups is 1. The van der Waals surface area contributed by atoms with Crippen LogP contribution in [0.3, 0.4) is 0 Å². The van der Waals surface area contributed by atoms with E-state index in [1.807, 2.05) is 33.3 Å². The Hall–Kier alpha value is -2.03. The Labute approximate surface area is 541 Å². The number of carbonyl (C=O) groups excluding carboxylic acids is 2. The lowest BCUT2D eigenvalue weighted by molar-refractivity contribution is -0.870. The number of unbranched alkanes of at least 4 members (excludes halogenated alkanes) is 48. The molecule has 0 saturated heterocycles. The minimum atomic E-state index is -4.70. The summed E-state index contributed by atoms with van der Waals surface area (Å²) in [5, 5.41) is 3.05. The summed E-state index contributed by atoms with van der Waals surface area (Å²) in [4.78, 5) is 40.2. The number of nitrogens with zero attached hydrogens (tertiary/aromatic N) is 1. The van der Waals surface area contributed by atoms with Crippen LogP contribution in [0.15, 0.2) is 48.6 Å². The summed E-state index contributed by atoms with van der Waals surface area (Å²) < 4.78 is 30.5. The van der Waals surface area contributed by atoms with Gasteiger partial charge in [0.25, 0.3) is 7.82 Å². The highest BCUT2D eigenvalue weighted by Gasteiger charge is 2.27. The van der Waals surface area contributed by atoms with E-state index in [9.17, 15) is 19.0 Å². The first-order valence-electron chi connectivity index (χ1n) is 37.9. The summed E-state index contributed by atoms with van der Waals surface area (Å²) in [7, 11) is 1.20. The predicted molar refractivity (Wildman–Crippen MR) is 376 cm³/mol. The van der Waals surface area contributed by atoms with Crippen molar-refractivity contribution in [2.45, 2.75) is 392 Å². The third kappa shape index (κ3) is 68.2. The molecular weight excluding hydrogens is 1100 g/mol. The third-order valence-corrected chi connectivity index (χ3v) is 18.2. The number of carbonyl (C=O) groups is 2. The lowest BCUT2D eigenvalue weighted by atomic mass is 10.0. The van der Waals surface area contributed by atoms with Gasteiger partial charge in [0.2, 0.25) is 5.91 Å². The van der Waals surface area contributed by atoms with E-state index in [-0.39, 0.29) is 31.5 Å². The van der Waals surface area contributed by atoms with Crippen LogP contribution in [0.1, 0.15) is 380 Å². The maximum absolute atomic E-state index is 13.6. The Morgan fingerprint density at radius 2 is 0.701 bits per heavy atom. The highest BCUT2D eigenvalue weighted by Crippen LogP contribution is 2.38. The van der Waals surface area contributed by atoms with Crippen LogP contribution < -0.4 is 10.2 Å². The van der Waals surface area contributed by atoms with Gasteiger partial charge < -0.3 is 28.5 Å². The fourth-order valence-electron chi connectivity index (χ4n) is 11.4. The van der Waals surface area contributed by atoms with Crippen LogP contribution in [0.2, 0.25) is 0 Å². The molecule has 1 N–H and O–H groups in total. The molecule has 0 radical (unpaired) electrons. The van der Waals surface area contributed by atoms with Crippen molar-refractivity contribution in [3.05, 3.63) is 48.6 Å².